The van der Waals surface area contributed by atoms with Gasteiger partial charge in [0.05, 0.1) is 16.9 Å². The molecule has 0 N–H and O–H groups in total. The van der Waals surface area contributed by atoms with E-state index >= 15 is 0 Å². The Morgan fingerprint density at radius 3 is 2.00 bits per heavy atom. The number of sulfonamides is 1. The van der Waals surface area contributed by atoms with Crippen molar-refractivity contribution >= 4 is 21.6 Å². The van der Waals surface area contributed by atoms with Gasteiger partial charge in [-0.2, -0.15) is 4.31 Å². The van der Waals surface area contributed by atoms with Crippen molar-refractivity contribution in [3.05, 3.63) is 96.6 Å². The van der Waals surface area contributed by atoms with Crippen molar-refractivity contribution in [3.63, 3.8) is 0 Å². The molecule has 1 aliphatic rings. The summed E-state index contributed by atoms with van der Waals surface area (Å²) in [6.07, 6.45) is 1.23. The molecule has 0 radical (unpaired) electrons. The number of benzene rings is 3. The zero-order valence-electron chi connectivity index (χ0n) is 17.5. The first kappa shape index (κ1) is 21.3. The maximum absolute atomic E-state index is 13.6. The second-order valence-electron chi connectivity index (χ2n) is 7.82. The first-order valence-electron chi connectivity index (χ1n) is 10.4. The van der Waals surface area contributed by atoms with E-state index in [1.165, 1.54) is 4.31 Å². The van der Waals surface area contributed by atoms with Crippen LogP contribution in [-0.2, 0) is 14.8 Å². The van der Waals surface area contributed by atoms with Crippen LogP contribution in [0.25, 0.3) is 0 Å². The molecule has 2 atom stereocenters. The van der Waals surface area contributed by atoms with Crippen LogP contribution in [0.3, 0.4) is 0 Å². The van der Waals surface area contributed by atoms with E-state index in [1.807, 2.05) is 60.7 Å². The number of nitrogens with zero attached hydrogens (tertiary/aromatic N) is 2. The molecule has 4 rings (SSSR count). The smallest absolute Gasteiger partial charge is 0.243 e. The zero-order chi connectivity index (χ0) is 21.8. The lowest BCUT2D eigenvalue weighted by atomic mass is 9.90. The van der Waals surface area contributed by atoms with Crippen LogP contribution < -0.4 is 4.90 Å². The predicted molar refractivity (Wildman–Crippen MR) is 122 cm³/mol. The molecular formula is C25H26N2O3S. The second-order valence-corrected chi connectivity index (χ2v) is 9.71. The van der Waals surface area contributed by atoms with Gasteiger partial charge in [-0.1, -0.05) is 66.7 Å². The fraction of sp³-hybridized carbons (Fsp3) is 0.240. The van der Waals surface area contributed by atoms with Crippen LogP contribution in [0.15, 0.2) is 95.9 Å². The summed E-state index contributed by atoms with van der Waals surface area (Å²) in [5.74, 6) is -0.463. The van der Waals surface area contributed by atoms with Crippen LogP contribution in [0.4, 0.5) is 5.69 Å². The van der Waals surface area contributed by atoms with Crippen LogP contribution in [0.2, 0.25) is 0 Å². The molecule has 31 heavy (non-hydrogen) atoms. The lowest BCUT2D eigenvalue weighted by Crippen LogP contribution is -2.47. The highest BCUT2D eigenvalue weighted by Gasteiger charge is 2.40. The third kappa shape index (κ3) is 4.40. The molecule has 0 spiro atoms. The molecule has 0 unspecified atom stereocenters. The molecule has 0 aromatic heterocycles. The number of hydrogen-bond acceptors (Lipinski definition) is 3. The summed E-state index contributed by atoms with van der Waals surface area (Å²) >= 11 is 0. The summed E-state index contributed by atoms with van der Waals surface area (Å²) in [4.78, 5) is 15.1. The van der Waals surface area contributed by atoms with E-state index in [0.717, 1.165) is 11.3 Å². The minimum absolute atomic E-state index is 0.0639. The van der Waals surface area contributed by atoms with Crippen molar-refractivity contribution in [2.75, 3.05) is 18.5 Å². The Kier molecular flexibility index (Phi) is 6.20. The summed E-state index contributed by atoms with van der Waals surface area (Å²) in [5.41, 5.74) is 1.75. The SMILES string of the molecule is CN(C(=O)[C@@H]1CC[C@H](c2ccccc2)N(S(=O)(=O)c2ccccc2)C1)c1ccccc1. The Hall–Kier alpha value is -2.96. The van der Waals surface area contributed by atoms with E-state index in [-0.39, 0.29) is 23.4 Å². The molecule has 1 heterocycles. The van der Waals surface area contributed by atoms with Crippen molar-refractivity contribution in [3.8, 4) is 0 Å². The van der Waals surface area contributed by atoms with E-state index < -0.39 is 15.9 Å². The Morgan fingerprint density at radius 2 is 1.39 bits per heavy atom. The highest BCUT2D eigenvalue weighted by atomic mass is 32.2. The quantitative estimate of drug-likeness (QED) is 0.594. The van der Waals surface area contributed by atoms with E-state index in [9.17, 15) is 13.2 Å². The van der Waals surface area contributed by atoms with E-state index in [0.29, 0.717) is 12.8 Å². The third-order valence-corrected chi connectivity index (χ3v) is 7.78. The number of hydrogen-bond donors (Lipinski definition) is 0. The van der Waals surface area contributed by atoms with Crippen molar-refractivity contribution in [1.82, 2.24) is 4.31 Å². The van der Waals surface area contributed by atoms with Gasteiger partial charge in [-0.15, -0.1) is 0 Å². The molecular weight excluding hydrogens is 408 g/mol. The Bertz CT molecular complexity index is 1120. The fourth-order valence-corrected chi connectivity index (χ4v) is 5.90. The molecule has 0 saturated carbocycles. The van der Waals surface area contributed by atoms with Gasteiger partial charge in [0.25, 0.3) is 0 Å². The van der Waals surface area contributed by atoms with Crippen molar-refractivity contribution in [2.45, 2.75) is 23.8 Å². The monoisotopic (exact) mass is 434 g/mol. The largest absolute Gasteiger partial charge is 0.315 e. The molecule has 3 aromatic carbocycles. The predicted octanol–water partition coefficient (Wildman–Crippen LogP) is 4.49. The van der Waals surface area contributed by atoms with Gasteiger partial charge in [-0.05, 0) is 42.7 Å². The van der Waals surface area contributed by atoms with Gasteiger partial charge < -0.3 is 4.90 Å². The number of carbonyl (C=O) groups excluding carboxylic acids is 1. The van der Waals surface area contributed by atoms with E-state index in [1.54, 1.807) is 42.3 Å². The third-order valence-electron chi connectivity index (χ3n) is 5.89. The van der Waals surface area contributed by atoms with Crippen molar-refractivity contribution < 1.29 is 13.2 Å². The highest BCUT2D eigenvalue weighted by molar-refractivity contribution is 7.89. The van der Waals surface area contributed by atoms with Crippen molar-refractivity contribution in [2.24, 2.45) is 5.92 Å². The van der Waals surface area contributed by atoms with Gasteiger partial charge in [0.1, 0.15) is 0 Å². The normalized spacial score (nSPS) is 19.6. The number of carbonyl (C=O) groups is 1. The topological polar surface area (TPSA) is 57.7 Å². The summed E-state index contributed by atoms with van der Waals surface area (Å²) in [6, 6.07) is 27.3. The first-order valence-corrected chi connectivity index (χ1v) is 11.9. The lowest BCUT2D eigenvalue weighted by molar-refractivity contribution is -0.123. The van der Waals surface area contributed by atoms with Crippen molar-refractivity contribution in [1.29, 1.82) is 0 Å². The maximum atomic E-state index is 13.6. The minimum atomic E-state index is -3.75. The molecule has 1 aliphatic heterocycles. The van der Waals surface area contributed by atoms with E-state index in [4.69, 9.17) is 0 Å². The van der Waals surface area contributed by atoms with Crippen LogP contribution in [0.5, 0.6) is 0 Å². The lowest BCUT2D eigenvalue weighted by Gasteiger charge is -2.39. The Balaban J connectivity index is 1.66. The van der Waals surface area contributed by atoms with Gasteiger partial charge in [0.15, 0.2) is 0 Å². The standard InChI is InChI=1S/C25H26N2O3S/c1-26(22-13-7-3-8-14-22)25(28)21-17-18-24(20-11-5-2-6-12-20)27(19-21)31(29,30)23-15-9-4-10-16-23/h2-16,21,24H,17-19H2,1H3/t21-,24-/m1/s1. The summed E-state index contributed by atoms with van der Waals surface area (Å²) in [6.45, 7) is 0.160. The first-order chi connectivity index (χ1) is 15.0. The van der Waals surface area contributed by atoms with Crippen LogP contribution in [-0.4, -0.2) is 32.2 Å². The van der Waals surface area contributed by atoms with Gasteiger partial charge in [0.2, 0.25) is 15.9 Å². The van der Waals surface area contributed by atoms with Gasteiger partial charge >= 0.3 is 0 Å². The number of anilines is 1. The van der Waals surface area contributed by atoms with Crippen LogP contribution in [0.1, 0.15) is 24.4 Å². The molecule has 6 heteroatoms. The van der Waals surface area contributed by atoms with Gasteiger partial charge in [-0.3, -0.25) is 4.79 Å². The Labute approximate surface area is 184 Å². The number of piperidine rings is 1. The average Bonchev–Trinajstić information content (AvgIpc) is 2.84. The van der Waals surface area contributed by atoms with E-state index in [2.05, 4.69) is 0 Å². The molecule has 1 fully saturated rings. The molecule has 3 aromatic rings. The maximum Gasteiger partial charge on any atom is 0.243 e. The zero-order valence-corrected chi connectivity index (χ0v) is 18.3. The molecule has 0 aliphatic carbocycles. The van der Waals surface area contributed by atoms with Gasteiger partial charge in [0, 0.05) is 19.3 Å². The highest BCUT2D eigenvalue weighted by Crippen LogP contribution is 2.38. The fourth-order valence-electron chi connectivity index (χ4n) is 4.19. The van der Waals surface area contributed by atoms with Crippen LogP contribution in [0, 0.1) is 5.92 Å². The summed E-state index contributed by atoms with van der Waals surface area (Å²) < 4.78 is 28.7. The summed E-state index contributed by atoms with van der Waals surface area (Å²) in [5, 5.41) is 0. The van der Waals surface area contributed by atoms with Gasteiger partial charge in [-0.25, -0.2) is 8.42 Å². The number of amides is 1. The number of rotatable bonds is 5. The molecule has 5 nitrogen and oxygen atoms in total. The number of para-hydroxylation sites is 1. The molecule has 1 saturated heterocycles. The Morgan fingerprint density at radius 1 is 0.839 bits per heavy atom. The molecule has 160 valence electrons. The average molecular weight is 435 g/mol. The van der Waals surface area contributed by atoms with Crippen LogP contribution >= 0.6 is 0 Å². The molecule has 0 bridgehead atoms. The second kappa shape index (κ2) is 9.04. The molecule has 1 amide bonds. The summed E-state index contributed by atoms with van der Waals surface area (Å²) in [7, 11) is -2.01. The minimum Gasteiger partial charge on any atom is -0.315 e.